The molecule has 0 spiro atoms. The van der Waals surface area contributed by atoms with E-state index in [9.17, 15) is 13.2 Å². The standard InChI is InChI=1S/C14H20Cl2N2O3S/c1-8(2)7-17-22(20,21)13-5-10(11(15)6-12(13)16)14(19)18-9(3)4/h5-6,8-9,17H,7H2,1-4H3,(H,18,19). The fourth-order valence-electron chi connectivity index (χ4n) is 1.60. The molecule has 1 aromatic rings. The van der Waals surface area contributed by atoms with Crippen molar-refractivity contribution < 1.29 is 13.2 Å². The fourth-order valence-corrected chi connectivity index (χ4v) is 3.67. The predicted octanol–water partition coefficient (Wildman–Crippen LogP) is 3.07. The zero-order chi connectivity index (χ0) is 17.1. The number of nitrogens with one attached hydrogen (secondary N) is 2. The van der Waals surface area contributed by atoms with Gasteiger partial charge in [0.25, 0.3) is 5.91 Å². The molecule has 1 aromatic carbocycles. The first-order chi connectivity index (χ1) is 10.0. The number of sulfonamides is 1. The van der Waals surface area contributed by atoms with Crippen molar-refractivity contribution in [1.29, 1.82) is 0 Å². The lowest BCUT2D eigenvalue weighted by Crippen LogP contribution is -2.31. The van der Waals surface area contributed by atoms with Gasteiger partial charge in [-0.05, 0) is 31.9 Å². The quantitative estimate of drug-likeness (QED) is 0.812. The van der Waals surface area contributed by atoms with Crippen LogP contribution in [0.15, 0.2) is 17.0 Å². The molecule has 0 aliphatic carbocycles. The van der Waals surface area contributed by atoms with E-state index in [1.54, 1.807) is 13.8 Å². The van der Waals surface area contributed by atoms with E-state index in [-0.39, 0.29) is 39.0 Å². The molecule has 0 saturated heterocycles. The Kier molecular flexibility index (Phi) is 6.67. The number of carbonyl (C=O) groups is 1. The maximum absolute atomic E-state index is 12.3. The van der Waals surface area contributed by atoms with E-state index >= 15 is 0 Å². The molecule has 0 heterocycles. The molecule has 0 aliphatic rings. The number of amides is 1. The van der Waals surface area contributed by atoms with Gasteiger partial charge in [0.2, 0.25) is 10.0 Å². The normalized spacial score (nSPS) is 12.0. The summed E-state index contributed by atoms with van der Waals surface area (Å²) in [7, 11) is -3.81. The molecule has 0 unspecified atom stereocenters. The number of rotatable bonds is 6. The van der Waals surface area contributed by atoms with Gasteiger partial charge in [-0.1, -0.05) is 37.0 Å². The minimum atomic E-state index is -3.81. The van der Waals surface area contributed by atoms with Crippen LogP contribution in [0.4, 0.5) is 0 Å². The maximum atomic E-state index is 12.3. The number of halogens is 2. The van der Waals surface area contributed by atoms with Crippen LogP contribution in [0.1, 0.15) is 38.1 Å². The second-order valence-corrected chi connectivity index (χ2v) is 8.19. The molecule has 0 fully saturated rings. The zero-order valence-electron chi connectivity index (χ0n) is 12.9. The summed E-state index contributed by atoms with van der Waals surface area (Å²) in [6.45, 7) is 7.63. The third-order valence-electron chi connectivity index (χ3n) is 2.66. The third kappa shape index (κ3) is 5.12. The minimum Gasteiger partial charge on any atom is -0.350 e. The van der Waals surface area contributed by atoms with Gasteiger partial charge in [0.1, 0.15) is 4.90 Å². The van der Waals surface area contributed by atoms with Gasteiger partial charge in [0.15, 0.2) is 0 Å². The van der Waals surface area contributed by atoms with Crippen molar-refractivity contribution in [1.82, 2.24) is 10.0 Å². The Morgan fingerprint density at radius 1 is 1.14 bits per heavy atom. The number of carbonyl (C=O) groups excluding carboxylic acids is 1. The van der Waals surface area contributed by atoms with Crippen LogP contribution in [0.3, 0.4) is 0 Å². The highest BCUT2D eigenvalue weighted by atomic mass is 35.5. The van der Waals surface area contributed by atoms with E-state index in [1.807, 2.05) is 13.8 Å². The van der Waals surface area contributed by atoms with Crippen molar-refractivity contribution in [2.24, 2.45) is 5.92 Å². The Morgan fingerprint density at radius 3 is 2.23 bits per heavy atom. The summed E-state index contributed by atoms with van der Waals surface area (Å²) >= 11 is 12.0. The van der Waals surface area contributed by atoms with Crippen molar-refractivity contribution >= 4 is 39.1 Å². The monoisotopic (exact) mass is 366 g/mol. The van der Waals surface area contributed by atoms with Crippen molar-refractivity contribution in [3.63, 3.8) is 0 Å². The van der Waals surface area contributed by atoms with Gasteiger partial charge in [0.05, 0.1) is 15.6 Å². The highest BCUT2D eigenvalue weighted by Crippen LogP contribution is 2.28. The third-order valence-corrected chi connectivity index (χ3v) is 4.86. The molecule has 8 heteroatoms. The first-order valence-electron chi connectivity index (χ1n) is 6.84. The van der Waals surface area contributed by atoms with Crippen LogP contribution in [0.2, 0.25) is 10.0 Å². The van der Waals surface area contributed by atoms with Gasteiger partial charge in [-0.25, -0.2) is 13.1 Å². The van der Waals surface area contributed by atoms with E-state index in [1.165, 1.54) is 12.1 Å². The maximum Gasteiger partial charge on any atom is 0.253 e. The first kappa shape index (κ1) is 19.2. The molecule has 5 nitrogen and oxygen atoms in total. The zero-order valence-corrected chi connectivity index (χ0v) is 15.2. The van der Waals surface area contributed by atoms with Crippen LogP contribution in [-0.4, -0.2) is 26.9 Å². The van der Waals surface area contributed by atoms with Crippen LogP contribution in [0.25, 0.3) is 0 Å². The molecule has 22 heavy (non-hydrogen) atoms. The lowest BCUT2D eigenvalue weighted by molar-refractivity contribution is 0.0943. The highest BCUT2D eigenvalue weighted by molar-refractivity contribution is 7.89. The lowest BCUT2D eigenvalue weighted by atomic mass is 10.2. The predicted molar refractivity (Wildman–Crippen MR) is 89.1 cm³/mol. The molecule has 0 saturated carbocycles. The summed E-state index contributed by atoms with van der Waals surface area (Å²) in [5, 5.41) is 2.74. The number of benzene rings is 1. The van der Waals surface area contributed by atoms with Crippen molar-refractivity contribution in [3.05, 3.63) is 27.7 Å². The number of hydrogen-bond acceptors (Lipinski definition) is 3. The molecular weight excluding hydrogens is 347 g/mol. The summed E-state index contributed by atoms with van der Waals surface area (Å²) < 4.78 is 27.0. The first-order valence-corrected chi connectivity index (χ1v) is 9.08. The van der Waals surface area contributed by atoms with Gasteiger partial charge < -0.3 is 5.32 Å². The van der Waals surface area contributed by atoms with Gasteiger partial charge in [0, 0.05) is 12.6 Å². The molecular formula is C14H20Cl2N2O3S. The van der Waals surface area contributed by atoms with E-state index in [0.29, 0.717) is 0 Å². The van der Waals surface area contributed by atoms with E-state index in [4.69, 9.17) is 23.2 Å². The second-order valence-electron chi connectivity index (χ2n) is 5.64. The number of hydrogen-bond donors (Lipinski definition) is 2. The highest BCUT2D eigenvalue weighted by Gasteiger charge is 2.22. The van der Waals surface area contributed by atoms with Crippen LogP contribution in [0.5, 0.6) is 0 Å². The van der Waals surface area contributed by atoms with E-state index in [2.05, 4.69) is 10.0 Å². The van der Waals surface area contributed by atoms with Crippen LogP contribution >= 0.6 is 23.2 Å². The fraction of sp³-hybridized carbons (Fsp3) is 0.500. The van der Waals surface area contributed by atoms with Crippen molar-refractivity contribution in [2.45, 2.75) is 38.6 Å². The molecule has 0 radical (unpaired) electrons. The van der Waals surface area contributed by atoms with Gasteiger partial charge in [-0.3, -0.25) is 4.79 Å². The summed E-state index contributed by atoms with van der Waals surface area (Å²) in [6.07, 6.45) is 0. The molecule has 1 rings (SSSR count). The Hall–Kier alpha value is -0.820. The average Bonchev–Trinajstić information content (AvgIpc) is 2.35. The average molecular weight is 367 g/mol. The molecule has 1 amide bonds. The summed E-state index contributed by atoms with van der Waals surface area (Å²) in [4.78, 5) is 11.9. The largest absolute Gasteiger partial charge is 0.350 e. The Morgan fingerprint density at radius 2 is 1.73 bits per heavy atom. The lowest BCUT2D eigenvalue weighted by Gasteiger charge is -2.14. The topological polar surface area (TPSA) is 75.3 Å². The molecule has 0 aromatic heterocycles. The van der Waals surface area contributed by atoms with Gasteiger partial charge in [-0.15, -0.1) is 0 Å². The summed E-state index contributed by atoms with van der Waals surface area (Å²) in [5.74, 6) is -0.304. The Labute approximate surface area is 141 Å². The van der Waals surface area contributed by atoms with Crippen LogP contribution in [0, 0.1) is 5.92 Å². The Balaban J connectivity index is 3.24. The van der Waals surface area contributed by atoms with E-state index in [0.717, 1.165) is 0 Å². The minimum absolute atomic E-state index is 0.0256. The van der Waals surface area contributed by atoms with E-state index < -0.39 is 15.9 Å². The molecule has 0 bridgehead atoms. The molecule has 124 valence electrons. The summed E-state index contributed by atoms with van der Waals surface area (Å²) in [5.41, 5.74) is 0.0738. The Bertz CT molecular complexity index is 658. The smallest absolute Gasteiger partial charge is 0.253 e. The van der Waals surface area contributed by atoms with Gasteiger partial charge in [-0.2, -0.15) is 0 Å². The second kappa shape index (κ2) is 7.64. The van der Waals surface area contributed by atoms with Crippen LogP contribution < -0.4 is 10.0 Å². The SMILES string of the molecule is CC(C)CNS(=O)(=O)c1cc(C(=O)NC(C)C)c(Cl)cc1Cl. The summed E-state index contributed by atoms with van der Waals surface area (Å²) in [6, 6.07) is 2.37. The van der Waals surface area contributed by atoms with Crippen LogP contribution in [-0.2, 0) is 10.0 Å². The molecule has 0 aliphatic heterocycles. The van der Waals surface area contributed by atoms with Crippen molar-refractivity contribution in [2.75, 3.05) is 6.54 Å². The molecule has 0 atom stereocenters. The van der Waals surface area contributed by atoms with Gasteiger partial charge >= 0.3 is 0 Å². The van der Waals surface area contributed by atoms with Crippen molar-refractivity contribution in [3.8, 4) is 0 Å². The molecule has 2 N–H and O–H groups in total.